The quantitative estimate of drug-likeness (QED) is 0.362. The highest BCUT2D eigenvalue weighted by Crippen LogP contribution is 2.43. The van der Waals surface area contributed by atoms with Gasteiger partial charge in [-0.3, -0.25) is 4.98 Å². The zero-order chi connectivity index (χ0) is 21.1. The lowest BCUT2D eigenvalue weighted by molar-refractivity contribution is 0.224. The molecule has 0 saturated heterocycles. The molecular weight excluding hydrogens is 356 g/mol. The van der Waals surface area contributed by atoms with Crippen molar-refractivity contribution in [2.45, 2.75) is 59.3 Å². The maximum absolute atomic E-state index is 9.14. The Morgan fingerprint density at radius 3 is 2.69 bits per heavy atom. The molecule has 1 aliphatic rings. The minimum Gasteiger partial charge on any atom is -0.437 e. The van der Waals surface area contributed by atoms with Gasteiger partial charge < -0.3 is 4.42 Å². The Morgan fingerprint density at radius 2 is 1.90 bits per heavy atom. The molecule has 3 aromatic heterocycles. The summed E-state index contributed by atoms with van der Waals surface area (Å²) in [5.41, 5.74) is 6.85. The molecule has 1 aromatic carbocycles. The monoisotopic (exact) mass is 385 g/mol. The molecule has 3 heterocycles. The highest BCUT2D eigenvalue weighted by Gasteiger charge is 2.28. The van der Waals surface area contributed by atoms with Crippen molar-refractivity contribution in [3.63, 3.8) is 0 Å². The Hall–Kier alpha value is -2.68. The van der Waals surface area contributed by atoms with Crippen molar-refractivity contribution in [1.29, 1.82) is 0 Å². The largest absolute Gasteiger partial charge is 0.437 e. The Balaban J connectivity index is 1.63. The van der Waals surface area contributed by atoms with Crippen molar-refractivity contribution >= 4 is 22.1 Å². The van der Waals surface area contributed by atoms with E-state index in [0.717, 1.165) is 64.6 Å². The molecule has 0 bridgehead atoms. The minimum atomic E-state index is -0.537. The smallest absolute Gasteiger partial charge is 0.227 e. The molecule has 5 rings (SSSR count). The van der Waals surface area contributed by atoms with Gasteiger partial charge in [-0.2, -0.15) is 0 Å². The predicted molar refractivity (Wildman–Crippen MR) is 119 cm³/mol. The van der Waals surface area contributed by atoms with E-state index >= 15 is 0 Å². The van der Waals surface area contributed by atoms with E-state index in [9.17, 15) is 0 Å². The van der Waals surface area contributed by atoms with Crippen LogP contribution in [0, 0.1) is 19.3 Å². The summed E-state index contributed by atoms with van der Waals surface area (Å²) in [6.07, 6.45) is 5.78. The highest BCUT2D eigenvalue weighted by molar-refractivity contribution is 6.09. The average Bonchev–Trinajstić information content (AvgIpc) is 3.09. The van der Waals surface area contributed by atoms with E-state index < -0.39 is 5.89 Å². The van der Waals surface area contributed by atoms with Crippen LogP contribution in [0.3, 0.4) is 0 Å². The van der Waals surface area contributed by atoms with Crippen molar-refractivity contribution in [2.75, 3.05) is 0 Å². The van der Waals surface area contributed by atoms with Crippen molar-refractivity contribution in [3.05, 3.63) is 59.4 Å². The molecule has 0 atom stereocenters. The molecule has 1 aliphatic carbocycles. The van der Waals surface area contributed by atoms with Crippen molar-refractivity contribution < 1.29 is 5.79 Å². The lowest BCUT2D eigenvalue weighted by atomic mass is 9.71. The molecule has 0 N–H and O–H groups in total. The summed E-state index contributed by atoms with van der Waals surface area (Å²) >= 11 is 0. The summed E-state index contributed by atoms with van der Waals surface area (Å²) in [6, 6.07) is 12.4. The molecule has 4 aromatic rings. The van der Waals surface area contributed by atoms with Gasteiger partial charge in [0.25, 0.3) is 0 Å². The first-order chi connectivity index (χ1) is 14.3. The Bertz CT molecular complexity index is 1260. The number of aryl methyl sites for hydroxylation is 2. The van der Waals surface area contributed by atoms with E-state index in [1.807, 2.05) is 19.2 Å². The summed E-state index contributed by atoms with van der Waals surface area (Å²) in [5.74, 6) is -0.537. The fourth-order valence-electron chi connectivity index (χ4n) is 4.66. The van der Waals surface area contributed by atoms with Crippen LogP contribution in [0.15, 0.2) is 47.0 Å². The van der Waals surface area contributed by atoms with Crippen molar-refractivity contribution in [3.8, 4) is 11.3 Å². The molecule has 29 heavy (non-hydrogen) atoms. The Morgan fingerprint density at radius 1 is 1.10 bits per heavy atom. The number of rotatable bonds is 2. The average molecular weight is 386 g/mol. The molecule has 0 amide bonds. The maximum atomic E-state index is 9.14. The molecule has 1 saturated carbocycles. The summed E-state index contributed by atoms with van der Waals surface area (Å²) in [4.78, 5) is 9.27. The maximum Gasteiger partial charge on any atom is 0.227 e. The fourth-order valence-corrected chi connectivity index (χ4v) is 4.66. The highest BCUT2D eigenvalue weighted by atomic mass is 16.3. The number of para-hydroxylation sites is 1. The van der Waals surface area contributed by atoms with Gasteiger partial charge in [-0.15, -0.1) is 0 Å². The first kappa shape index (κ1) is 17.2. The van der Waals surface area contributed by atoms with Crippen molar-refractivity contribution in [1.82, 2.24) is 9.97 Å². The number of hydrogen-bond donors (Lipinski definition) is 0. The fraction of sp³-hybridized carbons (Fsp3) is 0.385. The van der Waals surface area contributed by atoms with Crippen LogP contribution in [0.25, 0.3) is 33.3 Å². The Labute approximate surface area is 173 Å². The van der Waals surface area contributed by atoms with Gasteiger partial charge in [-0.05, 0) is 86.2 Å². The van der Waals surface area contributed by atoms with Gasteiger partial charge in [0.2, 0.25) is 5.71 Å². The van der Waals surface area contributed by atoms with Gasteiger partial charge in [-0.1, -0.05) is 26.0 Å². The van der Waals surface area contributed by atoms with E-state index in [1.165, 1.54) is 5.56 Å². The number of nitrogens with zero attached hydrogens (tertiary/aromatic N) is 2. The van der Waals surface area contributed by atoms with E-state index in [2.05, 4.69) is 61.1 Å². The number of fused-ring (bicyclic) bond motifs is 3. The first-order valence-corrected chi connectivity index (χ1v) is 10.5. The zero-order valence-corrected chi connectivity index (χ0v) is 17.7. The zero-order valence-electron chi connectivity index (χ0n) is 18.7. The minimum absolute atomic E-state index is 0.337. The molecule has 3 nitrogen and oxygen atoms in total. The second kappa shape index (κ2) is 6.69. The summed E-state index contributed by atoms with van der Waals surface area (Å²) in [6.45, 7) is 8.71. The van der Waals surface area contributed by atoms with Crippen LogP contribution >= 0.6 is 0 Å². The van der Waals surface area contributed by atoms with Gasteiger partial charge in [-0.25, -0.2) is 4.98 Å². The van der Waals surface area contributed by atoms with Crippen LogP contribution in [0.2, 0.25) is 0 Å². The molecule has 0 spiro atoms. The first-order valence-electron chi connectivity index (χ1n) is 11.0. The number of aromatic nitrogens is 2. The van der Waals surface area contributed by atoms with Crippen LogP contribution in [-0.4, -0.2) is 9.97 Å². The van der Waals surface area contributed by atoms with Crippen LogP contribution in [0.4, 0.5) is 0 Å². The standard InChI is InChI=1S/C26H28N2O/c1-16-14-17(2)28-25-23(16)21-7-5-6-20(24(21)29-25)22-15-19(10-13-27-22)18-8-11-26(3,4)12-9-18/h5-7,10,13-15,18H,8-9,11-12H2,1-4H3/i18D. The topological polar surface area (TPSA) is 38.9 Å². The second-order valence-electron chi connectivity index (χ2n) is 9.24. The van der Waals surface area contributed by atoms with Gasteiger partial charge >= 0.3 is 0 Å². The van der Waals surface area contributed by atoms with Gasteiger partial charge in [0.1, 0.15) is 5.58 Å². The lowest BCUT2D eigenvalue weighted by Gasteiger charge is -2.34. The van der Waals surface area contributed by atoms with Crippen molar-refractivity contribution in [2.24, 2.45) is 5.41 Å². The Kier molecular flexibility index (Phi) is 3.97. The summed E-state index contributed by atoms with van der Waals surface area (Å²) in [5, 5.41) is 2.14. The molecule has 3 heteroatoms. The number of pyridine rings is 2. The van der Waals surface area contributed by atoms with Gasteiger partial charge in [0, 0.05) is 24.2 Å². The third-order valence-corrected chi connectivity index (χ3v) is 6.45. The molecule has 0 aliphatic heterocycles. The predicted octanol–water partition coefficient (Wildman–Crippen LogP) is 7.34. The SMILES string of the molecule is [2H]C1(c2ccnc(-c3cccc4c3oc3nc(C)cc(C)c34)c2)CCC(C)(C)CC1. The molecule has 148 valence electrons. The molecular formula is C26H28N2O. The summed E-state index contributed by atoms with van der Waals surface area (Å²) in [7, 11) is 0. The van der Waals surface area contributed by atoms with Gasteiger partial charge in [0.05, 0.1) is 11.1 Å². The van der Waals surface area contributed by atoms with E-state index in [-0.39, 0.29) is 0 Å². The molecule has 0 radical (unpaired) electrons. The summed E-state index contributed by atoms with van der Waals surface area (Å²) < 4.78 is 15.4. The van der Waals surface area contributed by atoms with Crippen LogP contribution in [-0.2, 0) is 0 Å². The number of furan rings is 1. The van der Waals surface area contributed by atoms with E-state index in [0.29, 0.717) is 11.1 Å². The van der Waals surface area contributed by atoms with E-state index in [4.69, 9.17) is 5.79 Å². The third-order valence-electron chi connectivity index (χ3n) is 6.45. The number of hydrogen-bond acceptors (Lipinski definition) is 3. The van der Waals surface area contributed by atoms with Crippen LogP contribution in [0.1, 0.15) is 63.6 Å². The molecule has 0 unspecified atom stereocenters. The van der Waals surface area contributed by atoms with Crippen LogP contribution < -0.4 is 0 Å². The van der Waals surface area contributed by atoms with Gasteiger partial charge in [0.15, 0.2) is 0 Å². The normalized spacial score (nSPS) is 18.8. The third kappa shape index (κ3) is 3.23. The second-order valence-corrected chi connectivity index (χ2v) is 9.24. The van der Waals surface area contributed by atoms with Crippen LogP contribution in [0.5, 0.6) is 0 Å². The van der Waals surface area contributed by atoms with E-state index in [1.54, 1.807) is 0 Å². The lowest BCUT2D eigenvalue weighted by Crippen LogP contribution is -2.20. The number of benzene rings is 1. The molecule has 1 fully saturated rings.